The maximum absolute atomic E-state index is 11.0. The van der Waals surface area contributed by atoms with Gasteiger partial charge in [-0.3, -0.25) is 4.90 Å². The number of carbonyl (C=O) groups is 1. The number of nitriles is 1. The fraction of sp³-hybridized carbons (Fsp3) is 0.250. The molecule has 0 aliphatic carbocycles. The second kappa shape index (κ2) is 5.68. The van der Waals surface area contributed by atoms with E-state index >= 15 is 0 Å². The zero-order chi connectivity index (χ0) is 14.8. The molecule has 106 valence electrons. The van der Waals surface area contributed by atoms with E-state index in [0.29, 0.717) is 10.4 Å². The normalized spacial score (nSPS) is 14.4. The van der Waals surface area contributed by atoms with E-state index in [1.807, 2.05) is 24.3 Å². The van der Waals surface area contributed by atoms with Crippen LogP contribution >= 0.6 is 11.3 Å². The highest BCUT2D eigenvalue weighted by atomic mass is 32.1. The summed E-state index contributed by atoms with van der Waals surface area (Å²) >= 11 is 1.39. The minimum atomic E-state index is -0.840. The van der Waals surface area contributed by atoms with Gasteiger partial charge in [0.15, 0.2) is 0 Å². The van der Waals surface area contributed by atoms with Gasteiger partial charge in [-0.05, 0) is 35.7 Å². The standard InChI is InChI=1S/C16H14N2O2S/c17-8-11-1-3-12(4-2-11)9-18-6-5-14-13(10-18)7-15(21-14)16(19)20/h1-4,7H,5-6,9-10H2,(H,19,20). The molecule has 0 fully saturated rings. The Morgan fingerprint density at radius 3 is 2.81 bits per heavy atom. The van der Waals surface area contributed by atoms with Gasteiger partial charge in [-0.1, -0.05) is 12.1 Å². The van der Waals surface area contributed by atoms with Crippen molar-refractivity contribution in [2.24, 2.45) is 0 Å². The highest BCUT2D eigenvalue weighted by molar-refractivity contribution is 7.14. The first-order valence-electron chi connectivity index (χ1n) is 6.72. The van der Waals surface area contributed by atoms with Crippen LogP contribution in [0, 0.1) is 11.3 Å². The van der Waals surface area contributed by atoms with E-state index in [9.17, 15) is 4.79 Å². The van der Waals surface area contributed by atoms with Crippen molar-refractivity contribution >= 4 is 17.3 Å². The Morgan fingerprint density at radius 2 is 2.14 bits per heavy atom. The van der Waals surface area contributed by atoms with Crippen LogP contribution in [0.15, 0.2) is 30.3 Å². The molecule has 0 radical (unpaired) electrons. The molecular formula is C16H14N2O2S. The van der Waals surface area contributed by atoms with Crippen LogP contribution in [0.2, 0.25) is 0 Å². The van der Waals surface area contributed by atoms with Crippen LogP contribution in [0.25, 0.3) is 0 Å². The zero-order valence-corrected chi connectivity index (χ0v) is 12.2. The number of aromatic carboxylic acids is 1. The van der Waals surface area contributed by atoms with E-state index < -0.39 is 5.97 Å². The van der Waals surface area contributed by atoms with E-state index in [-0.39, 0.29) is 0 Å². The fourth-order valence-corrected chi connectivity index (χ4v) is 3.58. The van der Waals surface area contributed by atoms with E-state index in [0.717, 1.165) is 31.6 Å². The van der Waals surface area contributed by atoms with Crippen molar-refractivity contribution in [1.82, 2.24) is 4.90 Å². The fourth-order valence-electron chi connectivity index (χ4n) is 2.57. The van der Waals surface area contributed by atoms with Crippen LogP contribution in [0.4, 0.5) is 0 Å². The number of carboxylic acid groups (broad SMARTS) is 1. The third-order valence-electron chi connectivity index (χ3n) is 3.65. The molecule has 21 heavy (non-hydrogen) atoms. The van der Waals surface area contributed by atoms with Crippen LogP contribution in [-0.2, 0) is 19.5 Å². The summed E-state index contributed by atoms with van der Waals surface area (Å²) in [6, 6.07) is 11.5. The third-order valence-corrected chi connectivity index (χ3v) is 4.87. The molecule has 0 saturated carbocycles. The Labute approximate surface area is 126 Å². The second-order valence-corrected chi connectivity index (χ2v) is 6.27. The van der Waals surface area contributed by atoms with Crippen molar-refractivity contribution in [3.05, 3.63) is 56.8 Å². The predicted octanol–water partition coefficient (Wildman–Crippen LogP) is 2.88. The first kappa shape index (κ1) is 13.8. The molecular weight excluding hydrogens is 284 g/mol. The number of hydrogen-bond donors (Lipinski definition) is 1. The summed E-state index contributed by atoms with van der Waals surface area (Å²) < 4.78 is 0. The van der Waals surface area contributed by atoms with Crippen molar-refractivity contribution in [3.63, 3.8) is 0 Å². The predicted molar refractivity (Wildman–Crippen MR) is 80.3 cm³/mol. The molecule has 1 aliphatic rings. The second-order valence-electron chi connectivity index (χ2n) is 5.13. The molecule has 0 saturated heterocycles. The van der Waals surface area contributed by atoms with Crippen LogP contribution in [0.3, 0.4) is 0 Å². The van der Waals surface area contributed by atoms with Gasteiger partial charge < -0.3 is 5.11 Å². The van der Waals surface area contributed by atoms with E-state index in [1.54, 1.807) is 6.07 Å². The highest BCUT2D eigenvalue weighted by Gasteiger charge is 2.21. The number of carboxylic acids is 1. The van der Waals surface area contributed by atoms with Gasteiger partial charge in [0.25, 0.3) is 0 Å². The SMILES string of the molecule is N#Cc1ccc(CN2CCc3sc(C(=O)O)cc3C2)cc1. The Bertz CT molecular complexity index is 713. The molecule has 1 N–H and O–H groups in total. The molecule has 1 aliphatic heterocycles. The van der Waals surface area contributed by atoms with Crippen molar-refractivity contribution in [3.8, 4) is 6.07 Å². The quantitative estimate of drug-likeness (QED) is 0.946. The minimum absolute atomic E-state index is 0.431. The maximum atomic E-state index is 11.0. The summed E-state index contributed by atoms with van der Waals surface area (Å²) in [5.74, 6) is -0.840. The molecule has 1 aromatic carbocycles. The lowest BCUT2D eigenvalue weighted by atomic mass is 10.1. The van der Waals surface area contributed by atoms with Gasteiger partial charge in [0.1, 0.15) is 4.88 Å². The molecule has 1 aromatic heterocycles. The Kier molecular flexibility index (Phi) is 3.74. The molecule has 5 heteroatoms. The number of fused-ring (bicyclic) bond motifs is 1. The van der Waals surface area contributed by atoms with E-state index in [4.69, 9.17) is 10.4 Å². The molecule has 3 rings (SSSR count). The number of rotatable bonds is 3. The van der Waals surface area contributed by atoms with Crippen molar-refractivity contribution in [2.45, 2.75) is 19.5 Å². The zero-order valence-electron chi connectivity index (χ0n) is 11.4. The molecule has 0 unspecified atom stereocenters. The summed E-state index contributed by atoms with van der Waals surface area (Å²) in [5.41, 5.74) is 2.98. The summed E-state index contributed by atoms with van der Waals surface area (Å²) in [4.78, 5) is 15.0. The molecule has 4 nitrogen and oxygen atoms in total. The largest absolute Gasteiger partial charge is 0.477 e. The lowest BCUT2D eigenvalue weighted by molar-refractivity contribution is 0.0702. The van der Waals surface area contributed by atoms with Crippen molar-refractivity contribution in [1.29, 1.82) is 5.26 Å². The molecule has 2 heterocycles. The molecule has 0 atom stereocenters. The van der Waals surface area contributed by atoms with Gasteiger partial charge in [0.2, 0.25) is 0 Å². The number of nitrogens with zero attached hydrogens (tertiary/aromatic N) is 2. The summed E-state index contributed by atoms with van der Waals surface area (Å²) in [7, 11) is 0. The summed E-state index contributed by atoms with van der Waals surface area (Å²) in [6.07, 6.45) is 0.906. The maximum Gasteiger partial charge on any atom is 0.345 e. The molecule has 0 amide bonds. The topological polar surface area (TPSA) is 64.3 Å². The lowest BCUT2D eigenvalue weighted by Crippen LogP contribution is -2.29. The third kappa shape index (κ3) is 2.97. The van der Waals surface area contributed by atoms with E-state index in [2.05, 4.69) is 11.0 Å². The average molecular weight is 298 g/mol. The van der Waals surface area contributed by atoms with Gasteiger partial charge in [0, 0.05) is 24.5 Å². The smallest absolute Gasteiger partial charge is 0.345 e. The Hall–Kier alpha value is -2.16. The molecule has 0 spiro atoms. The van der Waals surface area contributed by atoms with Gasteiger partial charge >= 0.3 is 5.97 Å². The van der Waals surface area contributed by atoms with Gasteiger partial charge in [0.05, 0.1) is 11.6 Å². The minimum Gasteiger partial charge on any atom is -0.477 e. The van der Waals surface area contributed by atoms with Crippen molar-refractivity contribution < 1.29 is 9.90 Å². The van der Waals surface area contributed by atoms with Gasteiger partial charge in [-0.25, -0.2) is 4.79 Å². The number of thiophene rings is 1. The highest BCUT2D eigenvalue weighted by Crippen LogP contribution is 2.28. The Balaban J connectivity index is 1.71. The van der Waals surface area contributed by atoms with Crippen molar-refractivity contribution in [2.75, 3.05) is 6.54 Å². The Morgan fingerprint density at radius 1 is 1.38 bits per heavy atom. The number of hydrogen-bond acceptors (Lipinski definition) is 4. The van der Waals surface area contributed by atoms with Crippen LogP contribution < -0.4 is 0 Å². The average Bonchev–Trinajstić information content (AvgIpc) is 2.91. The van der Waals surface area contributed by atoms with Gasteiger partial charge in [-0.15, -0.1) is 11.3 Å². The van der Waals surface area contributed by atoms with Gasteiger partial charge in [-0.2, -0.15) is 5.26 Å². The summed E-state index contributed by atoms with van der Waals surface area (Å²) in [5, 5.41) is 17.9. The summed E-state index contributed by atoms with van der Waals surface area (Å²) in [6.45, 7) is 2.55. The van der Waals surface area contributed by atoms with E-state index in [1.165, 1.54) is 21.8 Å². The number of benzene rings is 1. The first-order chi connectivity index (χ1) is 10.2. The lowest BCUT2D eigenvalue weighted by Gasteiger charge is -2.26. The van der Waals surface area contributed by atoms with Crippen LogP contribution in [0.1, 0.15) is 31.2 Å². The van der Waals surface area contributed by atoms with Crippen LogP contribution in [-0.4, -0.2) is 22.5 Å². The molecule has 0 bridgehead atoms. The molecule has 2 aromatic rings. The monoisotopic (exact) mass is 298 g/mol. The van der Waals surface area contributed by atoms with Crippen LogP contribution in [0.5, 0.6) is 0 Å². The first-order valence-corrected chi connectivity index (χ1v) is 7.53.